The van der Waals surface area contributed by atoms with Crippen molar-refractivity contribution in [2.45, 2.75) is 39.5 Å². The van der Waals surface area contributed by atoms with Crippen molar-refractivity contribution in [3.05, 3.63) is 65.2 Å². The van der Waals surface area contributed by atoms with Crippen LogP contribution in [0.1, 0.15) is 26.5 Å². The Morgan fingerprint density at radius 3 is 2.79 bits per heavy atom. The summed E-state index contributed by atoms with van der Waals surface area (Å²) in [6.07, 6.45) is 5.26. The summed E-state index contributed by atoms with van der Waals surface area (Å²) < 4.78 is 7.70. The lowest BCUT2D eigenvalue weighted by Crippen LogP contribution is -2.26. The topological polar surface area (TPSA) is 107 Å². The van der Waals surface area contributed by atoms with E-state index >= 15 is 0 Å². The van der Waals surface area contributed by atoms with Gasteiger partial charge >= 0.3 is 5.97 Å². The molecule has 0 bridgehead atoms. The lowest BCUT2D eigenvalue weighted by atomic mass is 10.2. The van der Waals surface area contributed by atoms with Crippen LogP contribution in [0.25, 0.3) is 10.9 Å². The van der Waals surface area contributed by atoms with E-state index in [9.17, 15) is 4.79 Å². The second-order valence-corrected chi connectivity index (χ2v) is 9.23. The van der Waals surface area contributed by atoms with Gasteiger partial charge in [0.25, 0.3) is 0 Å². The number of carbonyl (C=O) groups excluding carboxylic acids is 1. The molecular weight excluding hydrogens is 486 g/mol. The number of nitrogens with zero attached hydrogens (tertiary/aromatic N) is 5. The minimum Gasteiger partial charge on any atom is -0.459 e. The first-order valence-corrected chi connectivity index (χ1v) is 11.2. The third-order valence-corrected chi connectivity index (χ3v) is 5.01. The number of halogens is 1. The predicted octanol–water partition coefficient (Wildman–Crippen LogP) is 4.68. The molecule has 3 aromatic heterocycles. The smallest absolute Gasteiger partial charge is 0.328 e. The van der Waals surface area contributed by atoms with Gasteiger partial charge in [0.15, 0.2) is 0 Å². The van der Waals surface area contributed by atoms with Crippen molar-refractivity contribution in [2.24, 2.45) is 0 Å². The highest BCUT2D eigenvalue weighted by Crippen LogP contribution is 2.24. The minimum atomic E-state index is -0.531. The van der Waals surface area contributed by atoms with E-state index in [4.69, 9.17) is 4.74 Å². The zero-order valence-corrected chi connectivity index (χ0v) is 20.1. The predicted molar refractivity (Wildman–Crippen MR) is 130 cm³/mol. The third-order valence-electron chi connectivity index (χ3n) is 4.43. The number of hydrogen-bond donors (Lipinski definition) is 2. The molecule has 0 unspecified atom stereocenters. The Balaban J connectivity index is 1.45. The zero-order chi connectivity index (χ0) is 23.4. The standard InChI is InChI=1S/C23H24BrN7O2/c1-23(2,3)33-20(32)14-31-13-15-7-8-16(10-19(15)30-31)28-22-27-12-18(24)21(29-22)26-11-17-6-4-5-9-25-17/h4-10,12-13H,11,14H2,1-3H3,(H2,26,27,28,29). The van der Waals surface area contributed by atoms with Crippen molar-refractivity contribution in [2.75, 3.05) is 10.6 Å². The van der Waals surface area contributed by atoms with E-state index in [-0.39, 0.29) is 12.5 Å². The Morgan fingerprint density at radius 1 is 1.18 bits per heavy atom. The van der Waals surface area contributed by atoms with Crippen molar-refractivity contribution in [3.8, 4) is 0 Å². The molecule has 4 rings (SSSR count). The van der Waals surface area contributed by atoms with Crippen molar-refractivity contribution >= 4 is 50.3 Å². The summed E-state index contributed by atoms with van der Waals surface area (Å²) in [6, 6.07) is 11.5. The number of rotatable bonds is 7. The summed E-state index contributed by atoms with van der Waals surface area (Å²) in [5.41, 5.74) is 1.90. The first-order valence-electron chi connectivity index (χ1n) is 10.4. The number of carbonyl (C=O) groups is 1. The van der Waals surface area contributed by atoms with Crippen LogP contribution in [0.5, 0.6) is 0 Å². The van der Waals surface area contributed by atoms with Crippen molar-refractivity contribution < 1.29 is 9.53 Å². The van der Waals surface area contributed by atoms with E-state index in [1.165, 1.54) is 0 Å². The highest BCUT2D eigenvalue weighted by molar-refractivity contribution is 9.10. The van der Waals surface area contributed by atoms with Gasteiger partial charge in [-0.2, -0.15) is 10.1 Å². The van der Waals surface area contributed by atoms with E-state index < -0.39 is 5.60 Å². The van der Waals surface area contributed by atoms with Crippen LogP contribution in [-0.4, -0.2) is 36.3 Å². The molecule has 0 amide bonds. The summed E-state index contributed by atoms with van der Waals surface area (Å²) in [5.74, 6) is 0.762. The number of aromatic nitrogens is 5. The molecule has 0 spiro atoms. The molecular formula is C23H24BrN7O2. The summed E-state index contributed by atoms with van der Waals surface area (Å²) in [4.78, 5) is 25.3. The summed E-state index contributed by atoms with van der Waals surface area (Å²) >= 11 is 3.48. The normalized spacial score (nSPS) is 11.4. The Hall–Kier alpha value is -3.53. The first-order chi connectivity index (χ1) is 15.7. The lowest BCUT2D eigenvalue weighted by molar-refractivity contribution is -0.155. The fourth-order valence-corrected chi connectivity index (χ4v) is 3.42. The number of pyridine rings is 1. The molecule has 0 saturated heterocycles. The maximum absolute atomic E-state index is 12.1. The molecule has 0 aliphatic carbocycles. The molecule has 4 aromatic rings. The van der Waals surface area contributed by atoms with Gasteiger partial charge in [-0.1, -0.05) is 6.07 Å². The van der Waals surface area contributed by atoms with Crippen LogP contribution < -0.4 is 10.6 Å². The van der Waals surface area contributed by atoms with Gasteiger partial charge in [0.2, 0.25) is 5.95 Å². The fraction of sp³-hybridized carbons (Fsp3) is 0.261. The number of anilines is 3. The van der Waals surface area contributed by atoms with E-state index in [1.807, 2.05) is 63.4 Å². The van der Waals surface area contributed by atoms with Gasteiger partial charge < -0.3 is 15.4 Å². The number of esters is 1. The number of nitrogens with one attached hydrogen (secondary N) is 2. The van der Waals surface area contributed by atoms with E-state index in [2.05, 4.69) is 46.6 Å². The van der Waals surface area contributed by atoms with Gasteiger partial charge in [0.1, 0.15) is 18.0 Å². The summed E-state index contributed by atoms with van der Waals surface area (Å²) in [7, 11) is 0. The van der Waals surface area contributed by atoms with Gasteiger partial charge in [0, 0.05) is 29.7 Å². The van der Waals surface area contributed by atoms with Crippen LogP contribution in [0.15, 0.2) is 59.5 Å². The molecule has 0 saturated carbocycles. The summed E-state index contributed by atoms with van der Waals surface area (Å²) in [5, 5.41) is 11.9. The average Bonchev–Trinajstić information content (AvgIpc) is 3.14. The van der Waals surface area contributed by atoms with Crippen LogP contribution in [0.4, 0.5) is 17.5 Å². The molecule has 170 valence electrons. The molecule has 2 N–H and O–H groups in total. The van der Waals surface area contributed by atoms with E-state index in [0.29, 0.717) is 18.3 Å². The monoisotopic (exact) mass is 509 g/mol. The van der Waals surface area contributed by atoms with Gasteiger partial charge in [-0.15, -0.1) is 0 Å². The molecule has 33 heavy (non-hydrogen) atoms. The van der Waals surface area contributed by atoms with Crippen LogP contribution in [0, 0.1) is 0 Å². The number of fused-ring (bicyclic) bond motifs is 1. The quantitative estimate of drug-likeness (QED) is 0.345. The SMILES string of the molecule is CC(C)(C)OC(=O)Cn1cc2ccc(Nc3ncc(Br)c(NCc4ccccn4)n3)cc2n1. The van der Waals surface area contributed by atoms with Crippen molar-refractivity contribution in [1.82, 2.24) is 24.7 Å². The average molecular weight is 510 g/mol. The number of benzene rings is 1. The molecule has 0 aliphatic rings. The zero-order valence-electron chi connectivity index (χ0n) is 18.5. The van der Waals surface area contributed by atoms with Crippen LogP contribution in [0.3, 0.4) is 0 Å². The van der Waals surface area contributed by atoms with E-state index in [0.717, 1.165) is 26.8 Å². The molecule has 9 nitrogen and oxygen atoms in total. The van der Waals surface area contributed by atoms with Gasteiger partial charge in [-0.25, -0.2) is 4.98 Å². The van der Waals surface area contributed by atoms with Gasteiger partial charge in [-0.05, 0) is 67.0 Å². The fourth-order valence-electron chi connectivity index (χ4n) is 3.09. The highest BCUT2D eigenvalue weighted by atomic mass is 79.9. The van der Waals surface area contributed by atoms with Gasteiger partial charge in [-0.3, -0.25) is 14.5 Å². The second kappa shape index (κ2) is 9.53. The van der Waals surface area contributed by atoms with Crippen LogP contribution in [-0.2, 0) is 22.6 Å². The Labute approximate surface area is 199 Å². The number of hydrogen-bond acceptors (Lipinski definition) is 8. The third kappa shape index (κ3) is 6.26. The van der Waals surface area contributed by atoms with Crippen molar-refractivity contribution in [3.63, 3.8) is 0 Å². The maximum atomic E-state index is 12.1. The molecule has 0 radical (unpaired) electrons. The van der Waals surface area contributed by atoms with Gasteiger partial charge in [0.05, 0.1) is 22.2 Å². The minimum absolute atomic E-state index is 0.0514. The Kier molecular flexibility index (Phi) is 6.55. The molecule has 10 heteroatoms. The Morgan fingerprint density at radius 2 is 2.03 bits per heavy atom. The molecule has 0 aliphatic heterocycles. The lowest BCUT2D eigenvalue weighted by Gasteiger charge is -2.19. The number of ether oxygens (including phenoxy) is 1. The highest BCUT2D eigenvalue weighted by Gasteiger charge is 2.17. The molecule has 0 atom stereocenters. The van der Waals surface area contributed by atoms with Crippen LogP contribution in [0.2, 0.25) is 0 Å². The van der Waals surface area contributed by atoms with E-state index in [1.54, 1.807) is 17.1 Å². The molecule has 1 aromatic carbocycles. The second-order valence-electron chi connectivity index (χ2n) is 8.38. The Bertz CT molecular complexity index is 1270. The largest absolute Gasteiger partial charge is 0.459 e. The van der Waals surface area contributed by atoms with Crippen LogP contribution >= 0.6 is 15.9 Å². The maximum Gasteiger partial charge on any atom is 0.328 e. The first kappa shape index (κ1) is 22.7. The van der Waals surface area contributed by atoms with Crippen molar-refractivity contribution in [1.29, 1.82) is 0 Å². The molecule has 0 fully saturated rings. The summed E-state index contributed by atoms with van der Waals surface area (Å²) in [6.45, 7) is 6.11. The molecule has 3 heterocycles.